The summed E-state index contributed by atoms with van der Waals surface area (Å²) >= 11 is 0. The van der Waals surface area contributed by atoms with E-state index in [9.17, 15) is 9.59 Å². The summed E-state index contributed by atoms with van der Waals surface area (Å²) in [6.07, 6.45) is 0. The van der Waals surface area contributed by atoms with Crippen LogP contribution in [0, 0.1) is 13.8 Å². The highest BCUT2D eigenvalue weighted by atomic mass is 16.4. The zero-order valence-electron chi connectivity index (χ0n) is 12.5. The van der Waals surface area contributed by atoms with Crippen molar-refractivity contribution in [3.05, 3.63) is 58.7 Å². The largest absolute Gasteiger partial charge is 0.478 e. The number of nitrogens with two attached hydrogens (primary N) is 3. The molecule has 0 fully saturated rings. The lowest BCUT2D eigenvalue weighted by Gasteiger charge is -2.00. The maximum atomic E-state index is 10.7. The number of rotatable bonds is 2. The van der Waals surface area contributed by atoms with E-state index in [0.717, 1.165) is 11.1 Å². The molecule has 0 bridgehead atoms. The van der Waals surface area contributed by atoms with Crippen LogP contribution >= 0.6 is 0 Å². The van der Waals surface area contributed by atoms with Gasteiger partial charge in [-0.15, -0.1) is 0 Å². The van der Waals surface area contributed by atoms with Crippen LogP contribution < -0.4 is 17.2 Å². The zero-order valence-corrected chi connectivity index (χ0v) is 12.5. The summed E-state index contributed by atoms with van der Waals surface area (Å²) in [6, 6.07) is 10.0. The Morgan fingerprint density at radius 3 is 1.59 bits per heavy atom. The van der Waals surface area contributed by atoms with Crippen LogP contribution in [-0.4, -0.2) is 17.0 Å². The van der Waals surface area contributed by atoms with Gasteiger partial charge in [-0.25, -0.2) is 4.79 Å². The van der Waals surface area contributed by atoms with Crippen LogP contribution in [0.2, 0.25) is 0 Å². The molecule has 0 aliphatic carbocycles. The van der Waals surface area contributed by atoms with Crippen molar-refractivity contribution in [3.63, 3.8) is 0 Å². The fraction of sp³-hybridized carbons (Fsp3) is 0.125. The molecule has 116 valence electrons. The average molecular weight is 301 g/mol. The van der Waals surface area contributed by atoms with E-state index in [0.29, 0.717) is 16.9 Å². The molecule has 6 heteroatoms. The predicted octanol–water partition coefficient (Wildman–Crippen LogP) is 1.95. The molecule has 7 N–H and O–H groups in total. The Balaban J connectivity index is 0.000000220. The molecule has 22 heavy (non-hydrogen) atoms. The van der Waals surface area contributed by atoms with Crippen LogP contribution in [0.3, 0.4) is 0 Å². The number of carbonyl (C=O) groups excluding carboxylic acids is 1. The number of amides is 1. The molecular weight excluding hydrogens is 282 g/mol. The first-order valence-corrected chi connectivity index (χ1v) is 6.47. The number of hydrogen-bond acceptors (Lipinski definition) is 4. The van der Waals surface area contributed by atoms with Crippen LogP contribution in [-0.2, 0) is 0 Å². The first-order valence-electron chi connectivity index (χ1n) is 6.47. The highest BCUT2D eigenvalue weighted by molar-refractivity contribution is 5.98. The standard InChI is InChI=1S/C8H10N2O.C8H9NO2/c2*1-5-2-3-6(8(10)11)7(9)4-5/h2-4H,9H2,1H3,(H2,10,11);2-4H,9H2,1H3,(H,10,11). The quantitative estimate of drug-likeness (QED) is 0.629. The minimum atomic E-state index is -0.984. The molecule has 6 nitrogen and oxygen atoms in total. The second-order valence-corrected chi connectivity index (χ2v) is 4.85. The van der Waals surface area contributed by atoms with E-state index in [4.69, 9.17) is 22.3 Å². The van der Waals surface area contributed by atoms with Gasteiger partial charge in [-0.1, -0.05) is 12.1 Å². The summed E-state index contributed by atoms with van der Waals surface area (Å²) < 4.78 is 0. The van der Waals surface area contributed by atoms with Crippen molar-refractivity contribution in [2.75, 3.05) is 11.5 Å². The van der Waals surface area contributed by atoms with Gasteiger partial charge in [-0.2, -0.15) is 0 Å². The van der Waals surface area contributed by atoms with Crippen LogP contribution in [0.25, 0.3) is 0 Å². The smallest absolute Gasteiger partial charge is 0.337 e. The lowest BCUT2D eigenvalue weighted by atomic mass is 10.1. The second kappa shape index (κ2) is 7.12. The number of hydrogen-bond donors (Lipinski definition) is 4. The van der Waals surface area contributed by atoms with E-state index in [-0.39, 0.29) is 5.56 Å². The molecule has 0 radical (unpaired) electrons. The lowest BCUT2D eigenvalue weighted by molar-refractivity contribution is 0.0697. The minimum absolute atomic E-state index is 0.163. The van der Waals surface area contributed by atoms with E-state index >= 15 is 0 Å². The molecule has 0 unspecified atom stereocenters. The Labute approximate surface area is 128 Å². The summed E-state index contributed by atoms with van der Waals surface area (Å²) in [4.78, 5) is 21.1. The Kier molecular flexibility index (Phi) is 5.51. The Hall–Kier alpha value is -3.02. The molecule has 0 atom stereocenters. The third kappa shape index (κ3) is 4.52. The van der Waals surface area contributed by atoms with Gasteiger partial charge < -0.3 is 22.3 Å². The molecule has 0 saturated carbocycles. The number of carboxylic acid groups (broad SMARTS) is 1. The van der Waals surface area contributed by atoms with Crippen molar-refractivity contribution in [2.24, 2.45) is 5.73 Å². The summed E-state index contributed by atoms with van der Waals surface area (Å²) in [5, 5.41) is 8.58. The minimum Gasteiger partial charge on any atom is -0.478 e. The number of aromatic carboxylic acids is 1. The van der Waals surface area contributed by atoms with Gasteiger partial charge >= 0.3 is 5.97 Å². The molecule has 0 saturated heterocycles. The molecule has 2 aromatic rings. The van der Waals surface area contributed by atoms with Gasteiger partial charge in [-0.3, -0.25) is 4.79 Å². The molecule has 0 heterocycles. The number of carboxylic acids is 1. The van der Waals surface area contributed by atoms with Crippen LogP contribution in [0.4, 0.5) is 11.4 Å². The molecule has 0 spiro atoms. The number of nitrogen functional groups attached to an aromatic ring is 2. The summed E-state index contributed by atoms with van der Waals surface area (Å²) in [7, 11) is 0. The normalized spacial score (nSPS) is 9.55. The van der Waals surface area contributed by atoms with Crippen LogP contribution in [0.5, 0.6) is 0 Å². The van der Waals surface area contributed by atoms with Crippen molar-refractivity contribution < 1.29 is 14.7 Å². The number of primary amides is 1. The molecule has 1 amide bonds. The van der Waals surface area contributed by atoms with E-state index in [1.54, 1.807) is 30.3 Å². The molecule has 0 aliphatic heterocycles. The van der Waals surface area contributed by atoms with Gasteiger partial charge in [0, 0.05) is 11.4 Å². The summed E-state index contributed by atoms with van der Waals surface area (Å²) in [5.74, 6) is -1.47. The fourth-order valence-corrected chi connectivity index (χ4v) is 1.78. The van der Waals surface area contributed by atoms with Crippen molar-refractivity contribution in [2.45, 2.75) is 13.8 Å². The number of benzene rings is 2. The zero-order chi connectivity index (χ0) is 16.9. The SMILES string of the molecule is Cc1ccc(C(=O)O)c(N)c1.Cc1ccc(C(N)=O)c(N)c1. The molecule has 2 rings (SSSR count). The molecule has 0 aliphatic rings. The van der Waals surface area contributed by atoms with Gasteiger partial charge in [-0.05, 0) is 49.2 Å². The number of anilines is 2. The van der Waals surface area contributed by atoms with E-state index < -0.39 is 11.9 Å². The Bertz CT molecular complexity index is 650. The van der Waals surface area contributed by atoms with Gasteiger partial charge in [0.1, 0.15) is 0 Å². The van der Waals surface area contributed by atoms with Gasteiger partial charge in [0.2, 0.25) is 0 Å². The summed E-state index contributed by atoms with van der Waals surface area (Å²) in [5.41, 5.74) is 19.3. The van der Waals surface area contributed by atoms with Gasteiger partial charge in [0.15, 0.2) is 0 Å². The highest BCUT2D eigenvalue weighted by Gasteiger charge is 2.05. The predicted molar refractivity (Wildman–Crippen MR) is 86.7 cm³/mol. The first-order chi connectivity index (χ1) is 10.2. The maximum absolute atomic E-state index is 10.7. The van der Waals surface area contributed by atoms with Crippen molar-refractivity contribution in [1.29, 1.82) is 0 Å². The van der Waals surface area contributed by atoms with Crippen LogP contribution in [0.15, 0.2) is 36.4 Å². The van der Waals surface area contributed by atoms with Crippen molar-refractivity contribution >= 4 is 23.3 Å². The average Bonchev–Trinajstić information content (AvgIpc) is 2.38. The number of aryl methyl sites for hydroxylation is 2. The Morgan fingerprint density at radius 2 is 1.27 bits per heavy atom. The van der Waals surface area contributed by atoms with E-state index in [2.05, 4.69) is 0 Å². The highest BCUT2D eigenvalue weighted by Crippen LogP contribution is 2.13. The summed E-state index contributed by atoms with van der Waals surface area (Å²) in [6.45, 7) is 3.77. The van der Waals surface area contributed by atoms with Crippen molar-refractivity contribution in [3.8, 4) is 0 Å². The van der Waals surface area contributed by atoms with E-state index in [1.165, 1.54) is 6.07 Å². The first kappa shape index (κ1) is 17.0. The van der Waals surface area contributed by atoms with Crippen molar-refractivity contribution in [1.82, 2.24) is 0 Å². The Morgan fingerprint density at radius 1 is 0.864 bits per heavy atom. The topological polar surface area (TPSA) is 132 Å². The van der Waals surface area contributed by atoms with Gasteiger partial charge in [0.25, 0.3) is 5.91 Å². The monoisotopic (exact) mass is 301 g/mol. The fourth-order valence-electron chi connectivity index (χ4n) is 1.78. The van der Waals surface area contributed by atoms with Gasteiger partial charge in [0.05, 0.1) is 11.1 Å². The number of carbonyl (C=O) groups is 2. The molecule has 0 aromatic heterocycles. The molecule has 2 aromatic carbocycles. The molecular formula is C16H19N3O3. The third-order valence-electron chi connectivity index (χ3n) is 2.91. The lowest BCUT2D eigenvalue weighted by Crippen LogP contribution is -2.13. The van der Waals surface area contributed by atoms with Crippen LogP contribution in [0.1, 0.15) is 31.8 Å². The maximum Gasteiger partial charge on any atom is 0.337 e. The third-order valence-corrected chi connectivity index (χ3v) is 2.91. The second-order valence-electron chi connectivity index (χ2n) is 4.85. The van der Waals surface area contributed by atoms with E-state index in [1.807, 2.05) is 13.8 Å².